The van der Waals surface area contributed by atoms with Gasteiger partial charge in [0.05, 0.1) is 35.1 Å². The lowest BCUT2D eigenvalue weighted by molar-refractivity contribution is -0.144. The second-order valence-electron chi connectivity index (χ2n) is 7.64. The SMILES string of the molecule is CC(=O)OC[C@@H]1[C@@H](O)[C@H](OC(=O)c2ccccc2)[C@@H](NS(=O)(=O)c2ccc(C)cc2)[C@H]1O. The number of aliphatic hydroxyl groups is 2. The lowest BCUT2D eigenvalue weighted by Gasteiger charge is -2.24. The third-order valence-electron chi connectivity index (χ3n) is 5.29. The molecule has 0 unspecified atom stereocenters. The molecule has 0 bridgehead atoms. The second kappa shape index (κ2) is 9.78. The van der Waals surface area contributed by atoms with Gasteiger partial charge in [-0.05, 0) is 31.2 Å². The van der Waals surface area contributed by atoms with E-state index in [1.807, 2.05) is 0 Å². The molecule has 9 nitrogen and oxygen atoms in total. The third-order valence-corrected chi connectivity index (χ3v) is 6.77. The first-order valence-corrected chi connectivity index (χ1v) is 11.4. The monoisotopic (exact) mass is 463 g/mol. The van der Waals surface area contributed by atoms with Gasteiger partial charge in [0.25, 0.3) is 0 Å². The van der Waals surface area contributed by atoms with Gasteiger partial charge in [-0.15, -0.1) is 0 Å². The van der Waals surface area contributed by atoms with Crippen molar-refractivity contribution < 1.29 is 37.7 Å². The van der Waals surface area contributed by atoms with E-state index in [9.17, 15) is 28.2 Å². The van der Waals surface area contributed by atoms with E-state index >= 15 is 0 Å². The molecule has 172 valence electrons. The van der Waals surface area contributed by atoms with Crippen molar-refractivity contribution in [1.29, 1.82) is 0 Å². The number of aryl methyl sites for hydroxylation is 1. The molecular weight excluding hydrogens is 438 g/mol. The number of esters is 2. The van der Waals surface area contributed by atoms with Gasteiger partial charge in [-0.2, -0.15) is 0 Å². The Morgan fingerprint density at radius 3 is 2.22 bits per heavy atom. The molecule has 10 heteroatoms. The molecule has 0 aromatic heterocycles. The van der Waals surface area contributed by atoms with E-state index in [1.165, 1.54) is 24.3 Å². The van der Waals surface area contributed by atoms with Crippen LogP contribution in [-0.2, 0) is 24.3 Å². The van der Waals surface area contributed by atoms with Crippen molar-refractivity contribution in [2.45, 2.75) is 43.1 Å². The van der Waals surface area contributed by atoms with Crippen LogP contribution in [0.25, 0.3) is 0 Å². The molecule has 0 radical (unpaired) electrons. The van der Waals surface area contributed by atoms with Gasteiger partial charge < -0.3 is 19.7 Å². The highest BCUT2D eigenvalue weighted by atomic mass is 32.2. The molecule has 2 aromatic rings. The Morgan fingerprint density at radius 2 is 1.62 bits per heavy atom. The molecule has 1 saturated carbocycles. The smallest absolute Gasteiger partial charge is 0.338 e. The van der Waals surface area contributed by atoms with Crippen LogP contribution < -0.4 is 4.72 Å². The molecule has 3 N–H and O–H groups in total. The van der Waals surface area contributed by atoms with Crippen molar-refractivity contribution in [2.24, 2.45) is 5.92 Å². The maximum absolute atomic E-state index is 12.9. The summed E-state index contributed by atoms with van der Waals surface area (Å²) in [5.41, 5.74) is 1.05. The fraction of sp³-hybridized carbons (Fsp3) is 0.364. The average Bonchev–Trinajstić information content (AvgIpc) is 2.96. The quantitative estimate of drug-likeness (QED) is 0.512. The van der Waals surface area contributed by atoms with Crippen LogP contribution in [0.15, 0.2) is 59.5 Å². The van der Waals surface area contributed by atoms with Crippen LogP contribution >= 0.6 is 0 Å². The molecule has 0 spiro atoms. The summed E-state index contributed by atoms with van der Waals surface area (Å²) < 4.78 is 38.5. The Morgan fingerprint density at radius 1 is 1.00 bits per heavy atom. The molecule has 1 aliphatic rings. The fourth-order valence-corrected chi connectivity index (χ4v) is 4.80. The summed E-state index contributed by atoms with van der Waals surface area (Å²) >= 11 is 0. The van der Waals surface area contributed by atoms with E-state index < -0.39 is 52.2 Å². The van der Waals surface area contributed by atoms with Crippen LogP contribution in [-0.4, -0.2) is 61.5 Å². The second-order valence-corrected chi connectivity index (χ2v) is 9.36. The van der Waals surface area contributed by atoms with Gasteiger partial charge in [0.15, 0.2) is 0 Å². The number of carbonyl (C=O) groups is 2. The molecule has 1 fully saturated rings. The molecule has 0 saturated heterocycles. The molecule has 5 atom stereocenters. The summed E-state index contributed by atoms with van der Waals surface area (Å²) in [4.78, 5) is 23.7. The number of rotatable bonds is 7. The van der Waals surface area contributed by atoms with Gasteiger partial charge in [0, 0.05) is 6.92 Å². The normalized spacial score (nSPS) is 25.3. The van der Waals surface area contributed by atoms with Crippen LogP contribution in [0.4, 0.5) is 0 Å². The molecule has 2 aromatic carbocycles. The van der Waals surface area contributed by atoms with Crippen molar-refractivity contribution >= 4 is 22.0 Å². The summed E-state index contributed by atoms with van der Waals surface area (Å²) in [6.45, 7) is 2.59. The van der Waals surface area contributed by atoms with Gasteiger partial charge in [-0.1, -0.05) is 35.9 Å². The highest BCUT2D eigenvalue weighted by Crippen LogP contribution is 2.32. The van der Waals surface area contributed by atoms with Crippen molar-refractivity contribution in [3.05, 3.63) is 65.7 Å². The Bertz CT molecular complexity index is 1060. The maximum atomic E-state index is 12.9. The number of hydrogen-bond donors (Lipinski definition) is 3. The summed E-state index contributed by atoms with van der Waals surface area (Å²) in [6.07, 6.45) is -4.39. The summed E-state index contributed by atoms with van der Waals surface area (Å²) in [7, 11) is -4.13. The fourth-order valence-electron chi connectivity index (χ4n) is 3.54. The van der Waals surface area contributed by atoms with Gasteiger partial charge in [0.2, 0.25) is 10.0 Å². The van der Waals surface area contributed by atoms with Crippen LogP contribution in [0.1, 0.15) is 22.8 Å². The van der Waals surface area contributed by atoms with E-state index in [-0.39, 0.29) is 17.1 Å². The molecule has 3 rings (SSSR count). The van der Waals surface area contributed by atoms with Crippen LogP contribution in [0.2, 0.25) is 0 Å². The number of carbonyl (C=O) groups excluding carboxylic acids is 2. The predicted octanol–water partition coefficient (Wildman–Crippen LogP) is 0.782. The molecule has 0 amide bonds. The van der Waals surface area contributed by atoms with Crippen LogP contribution in [0.3, 0.4) is 0 Å². The van der Waals surface area contributed by atoms with Gasteiger partial charge in [-0.3, -0.25) is 4.79 Å². The highest BCUT2D eigenvalue weighted by Gasteiger charge is 2.53. The lowest BCUT2D eigenvalue weighted by Crippen LogP contribution is -2.49. The maximum Gasteiger partial charge on any atom is 0.338 e. The number of aliphatic hydroxyl groups excluding tert-OH is 2. The van der Waals surface area contributed by atoms with Crippen molar-refractivity contribution in [3.63, 3.8) is 0 Å². The van der Waals surface area contributed by atoms with Gasteiger partial charge in [0.1, 0.15) is 12.2 Å². The van der Waals surface area contributed by atoms with Crippen LogP contribution in [0.5, 0.6) is 0 Å². The number of benzene rings is 2. The summed E-state index contributed by atoms with van der Waals surface area (Å²) in [6, 6.07) is 12.6. The van der Waals surface area contributed by atoms with E-state index in [2.05, 4.69) is 4.72 Å². The predicted molar refractivity (Wildman–Crippen MR) is 113 cm³/mol. The largest absolute Gasteiger partial charge is 0.465 e. The zero-order valence-corrected chi connectivity index (χ0v) is 18.4. The topological polar surface area (TPSA) is 139 Å². The zero-order chi connectivity index (χ0) is 23.5. The zero-order valence-electron chi connectivity index (χ0n) is 17.5. The minimum atomic E-state index is -4.13. The molecule has 1 aliphatic carbocycles. The Labute approximate surface area is 186 Å². The highest BCUT2D eigenvalue weighted by molar-refractivity contribution is 7.89. The first-order chi connectivity index (χ1) is 15.1. The first kappa shape index (κ1) is 23.9. The Kier molecular flexibility index (Phi) is 7.29. The Balaban J connectivity index is 1.88. The summed E-state index contributed by atoms with van der Waals surface area (Å²) in [5, 5.41) is 21.5. The van der Waals surface area contributed by atoms with Crippen molar-refractivity contribution in [2.75, 3.05) is 6.61 Å². The van der Waals surface area contributed by atoms with Crippen molar-refractivity contribution in [3.8, 4) is 0 Å². The lowest BCUT2D eigenvalue weighted by atomic mass is 10.0. The van der Waals surface area contributed by atoms with E-state index in [0.717, 1.165) is 12.5 Å². The van der Waals surface area contributed by atoms with Gasteiger partial charge >= 0.3 is 11.9 Å². The molecule has 32 heavy (non-hydrogen) atoms. The number of ether oxygens (including phenoxy) is 2. The Hall–Kier alpha value is -2.79. The first-order valence-electron chi connectivity index (χ1n) is 9.94. The standard InChI is InChI=1S/C22H25NO8S/c1-13-8-10-16(11-9-13)32(28,29)23-18-19(25)17(12-30-14(2)24)20(26)21(18)31-22(27)15-6-4-3-5-7-15/h3-11,17-21,23,25-26H,12H2,1-2H3/t17-,18-,19-,20+,21+/m0/s1. The van der Waals surface area contributed by atoms with E-state index in [4.69, 9.17) is 9.47 Å². The van der Waals surface area contributed by atoms with E-state index in [0.29, 0.717) is 0 Å². The summed E-state index contributed by atoms with van der Waals surface area (Å²) in [5.74, 6) is -2.50. The molecule has 0 aliphatic heterocycles. The molecular formula is C22H25NO8S. The van der Waals surface area contributed by atoms with E-state index in [1.54, 1.807) is 37.3 Å². The van der Waals surface area contributed by atoms with Gasteiger partial charge in [-0.25, -0.2) is 17.9 Å². The van der Waals surface area contributed by atoms with Crippen LogP contribution in [0, 0.1) is 12.8 Å². The number of hydrogen-bond acceptors (Lipinski definition) is 8. The third kappa shape index (κ3) is 5.33. The minimum absolute atomic E-state index is 0.0543. The number of sulfonamides is 1. The van der Waals surface area contributed by atoms with Crippen molar-refractivity contribution in [1.82, 2.24) is 4.72 Å². The molecule has 0 heterocycles. The number of nitrogens with one attached hydrogen (secondary N) is 1. The minimum Gasteiger partial charge on any atom is -0.465 e. The average molecular weight is 464 g/mol.